The molecule has 2 aromatic heterocycles. The molecule has 2 fully saturated rings. The molecule has 3 N–H and O–H groups in total. The van der Waals surface area contributed by atoms with E-state index in [-0.39, 0.29) is 0 Å². The van der Waals surface area contributed by atoms with Gasteiger partial charge in [-0.1, -0.05) is 12.8 Å². The first-order chi connectivity index (χ1) is 10.4. The normalized spacial score (nSPS) is 23.7. The van der Waals surface area contributed by atoms with Gasteiger partial charge < -0.3 is 15.6 Å². The van der Waals surface area contributed by atoms with Gasteiger partial charge in [-0.15, -0.1) is 0 Å². The molecule has 1 unspecified atom stereocenters. The lowest BCUT2D eigenvalue weighted by atomic mass is 9.98. The highest BCUT2D eigenvalue weighted by Gasteiger charge is 2.23. The Morgan fingerprint density at radius 3 is 2.81 bits per heavy atom. The fourth-order valence-corrected chi connectivity index (χ4v) is 3.82. The zero-order valence-electron chi connectivity index (χ0n) is 12.4. The Labute approximate surface area is 124 Å². The number of nitrogens with one attached hydrogen (secondary N) is 3. The van der Waals surface area contributed by atoms with Gasteiger partial charge in [0, 0.05) is 18.8 Å². The molecule has 3 heterocycles. The minimum Gasteiger partial charge on any atom is -0.365 e. The zero-order valence-corrected chi connectivity index (χ0v) is 12.4. The van der Waals surface area contributed by atoms with Crippen molar-refractivity contribution in [3.8, 4) is 0 Å². The predicted molar refractivity (Wildman–Crippen MR) is 84.6 cm³/mol. The summed E-state index contributed by atoms with van der Waals surface area (Å²) in [5.41, 5.74) is 2.38. The molecule has 0 bridgehead atoms. The monoisotopic (exact) mass is 285 g/mol. The standard InChI is InChI=1S/C16H23N5/c1-2-5-11(4-1)13-9-18-15-14(13)16(20-10-19-15)21-12-6-3-7-17-8-12/h9-12,17H,1-8H2,(H2,18,19,20,21). The average molecular weight is 285 g/mol. The van der Waals surface area contributed by atoms with Gasteiger partial charge in [0.25, 0.3) is 0 Å². The predicted octanol–water partition coefficient (Wildman–Crippen LogP) is 2.78. The second-order valence-corrected chi connectivity index (χ2v) is 6.36. The number of fused-ring (bicyclic) bond motifs is 1. The Morgan fingerprint density at radius 2 is 2.00 bits per heavy atom. The fourth-order valence-electron chi connectivity index (χ4n) is 3.82. The van der Waals surface area contributed by atoms with Crippen molar-refractivity contribution in [1.82, 2.24) is 20.3 Å². The van der Waals surface area contributed by atoms with Crippen LogP contribution in [0.5, 0.6) is 0 Å². The molecule has 1 aliphatic heterocycles. The van der Waals surface area contributed by atoms with Crippen molar-refractivity contribution in [1.29, 1.82) is 0 Å². The molecule has 1 atom stereocenters. The number of nitrogens with zero attached hydrogens (tertiary/aromatic N) is 2. The quantitative estimate of drug-likeness (QED) is 0.811. The van der Waals surface area contributed by atoms with Crippen LogP contribution in [0.1, 0.15) is 50.0 Å². The summed E-state index contributed by atoms with van der Waals surface area (Å²) in [4.78, 5) is 12.3. The second-order valence-electron chi connectivity index (χ2n) is 6.36. The topological polar surface area (TPSA) is 65.6 Å². The third-order valence-corrected chi connectivity index (χ3v) is 4.93. The number of rotatable bonds is 3. The van der Waals surface area contributed by atoms with Gasteiger partial charge in [-0.05, 0) is 43.7 Å². The van der Waals surface area contributed by atoms with Crippen LogP contribution in [0.4, 0.5) is 5.82 Å². The molecule has 5 nitrogen and oxygen atoms in total. The van der Waals surface area contributed by atoms with E-state index in [9.17, 15) is 0 Å². The summed E-state index contributed by atoms with van der Waals surface area (Å²) >= 11 is 0. The third-order valence-electron chi connectivity index (χ3n) is 4.93. The molecule has 0 spiro atoms. The summed E-state index contributed by atoms with van der Waals surface area (Å²) in [7, 11) is 0. The second kappa shape index (κ2) is 5.64. The number of aromatic nitrogens is 3. The van der Waals surface area contributed by atoms with Gasteiger partial charge >= 0.3 is 0 Å². The van der Waals surface area contributed by atoms with Gasteiger partial charge in [-0.2, -0.15) is 0 Å². The summed E-state index contributed by atoms with van der Waals surface area (Å²) in [5.74, 6) is 1.69. The Kier molecular flexibility index (Phi) is 3.51. The van der Waals surface area contributed by atoms with E-state index in [0.717, 1.165) is 24.6 Å². The van der Waals surface area contributed by atoms with Crippen LogP contribution in [0.3, 0.4) is 0 Å². The number of hydrogen-bond donors (Lipinski definition) is 3. The number of anilines is 1. The summed E-state index contributed by atoms with van der Waals surface area (Å²) in [5, 5.41) is 8.31. The highest BCUT2D eigenvalue weighted by atomic mass is 15.1. The van der Waals surface area contributed by atoms with Crippen molar-refractivity contribution >= 4 is 16.9 Å². The SMILES string of the molecule is c1nc(NC2CCCNC2)c2c(C3CCCC3)c[nH]c2n1. The number of piperidine rings is 1. The van der Waals surface area contributed by atoms with Gasteiger partial charge in [0.05, 0.1) is 5.39 Å². The van der Waals surface area contributed by atoms with Crippen molar-refractivity contribution in [2.45, 2.75) is 50.5 Å². The highest BCUT2D eigenvalue weighted by Crippen LogP contribution is 2.39. The van der Waals surface area contributed by atoms with Gasteiger partial charge in [-0.25, -0.2) is 9.97 Å². The Morgan fingerprint density at radius 1 is 1.10 bits per heavy atom. The minimum atomic E-state index is 0.475. The number of H-pyrrole nitrogens is 1. The van der Waals surface area contributed by atoms with Crippen LogP contribution in [0, 0.1) is 0 Å². The summed E-state index contributed by atoms with van der Waals surface area (Å²) in [6.07, 6.45) is 11.5. The maximum Gasteiger partial charge on any atom is 0.143 e. The highest BCUT2D eigenvalue weighted by molar-refractivity contribution is 5.91. The number of hydrogen-bond acceptors (Lipinski definition) is 4. The first-order valence-electron chi connectivity index (χ1n) is 8.21. The van der Waals surface area contributed by atoms with E-state index in [2.05, 4.69) is 31.8 Å². The van der Waals surface area contributed by atoms with Crippen LogP contribution < -0.4 is 10.6 Å². The van der Waals surface area contributed by atoms with Gasteiger partial charge in [-0.3, -0.25) is 0 Å². The van der Waals surface area contributed by atoms with E-state index < -0.39 is 0 Å². The molecule has 112 valence electrons. The van der Waals surface area contributed by atoms with Crippen molar-refractivity contribution in [2.75, 3.05) is 18.4 Å². The van der Waals surface area contributed by atoms with Crippen molar-refractivity contribution in [3.63, 3.8) is 0 Å². The van der Waals surface area contributed by atoms with Crippen LogP contribution in [0.15, 0.2) is 12.5 Å². The molecular formula is C16H23N5. The van der Waals surface area contributed by atoms with Crippen molar-refractivity contribution < 1.29 is 0 Å². The first kappa shape index (κ1) is 13.1. The molecule has 0 aromatic carbocycles. The fraction of sp³-hybridized carbons (Fsp3) is 0.625. The summed E-state index contributed by atoms with van der Waals surface area (Å²) in [6, 6.07) is 0.475. The maximum absolute atomic E-state index is 4.54. The van der Waals surface area contributed by atoms with E-state index >= 15 is 0 Å². The average Bonchev–Trinajstić information content (AvgIpc) is 3.17. The molecular weight excluding hydrogens is 262 g/mol. The van der Waals surface area contributed by atoms with Crippen molar-refractivity contribution in [3.05, 3.63) is 18.1 Å². The molecule has 1 saturated heterocycles. The number of aromatic amines is 1. The van der Waals surface area contributed by atoms with Crippen LogP contribution in [-0.4, -0.2) is 34.1 Å². The van der Waals surface area contributed by atoms with Crippen molar-refractivity contribution in [2.24, 2.45) is 0 Å². The lowest BCUT2D eigenvalue weighted by Gasteiger charge is -2.24. The van der Waals surface area contributed by atoms with Gasteiger partial charge in [0.1, 0.15) is 17.8 Å². The van der Waals surface area contributed by atoms with E-state index in [0.29, 0.717) is 12.0 Å². The minimum absolute atomic E-state index is 0.475. The van der Waals surface area contributed by atoms with E-state index in [4.69, 9.17) is 0 Å². The van der Waals surface area contributed by atoms with Crippen LogP contribution in [0.2, 0.25) is 0 Å². The third kappa shape index (κ3) is 2.50. The van der Waals surface area contributed by atoms with E-state index in [1.807, 2.05) is 0 Å². The molecule has 21 heavy (non-hydrogen) atoms. The van der Waals surface area contributed by atoms with Crippen LogP contribution >= 0.6 is 0 Å². The smallest absolute Gasteiger partial charge is 0.143 e. The lowest BCUT2D eigenvalue weighted by Crippen LogP contribution is -2.38. The molecule has 1 saturated carbocycles. The molecule has 1 aliphatic carbocycles. The molecule has 0 amide bonds. The van der Waals surface area contributed by atoms with E-state index in [1.165, 1.54) is 49.5 Å². The van der Waals surface area contributed by atoms with Gasteiger partial charge in [0.2, 0.25) is 0 Å². The Bertz CT molecular complexity index is 608. The lowest BCUT2D eigenvalue weighted by molar-refractivity contribution is 0.479. The first-order valence-corrected chi connectivity index (χ1v) is 8.21. The molecule has 2 aliphatic rings. The Hall–Kier alpha value is -1.62. The molecule has 4 rings (SSSR count). The van der Waals surface area contributed by atoms with Crippen LogP contribution in [-0.2, 0) is 0 Å². The molecule has 0 radical (unpaired) electrons. The van der Waals surface area contributed by atoms with Crippen LogP contribution in [0.25, 0.3) is 11.0 Å². The molecule has 5 heteroatoms. The zero-order chi connectivity index (χ0) is 14.1. The van der Waals surface area contributed by atoms with Gasteiger partial charge in [0.15, 0.2) is 0 Å². The van der Waals surface area contributed by atoms with E-state index in [1.54, 1.807) is 6.33 Å². The Balaban J connectivity index is 1.68. The molecule has 2 aromatic rings. The summed E-state index contributed by atoms with van der Waals surface area (Å²) < 4.78 is 0. The summed E-state index contributed by atoms with van der Waals surface area (Å²) in [6.45, 7) is 2.16. The largest absolute Gasteiger partial charge is 0.365 e. The maximum atomic E-state index is 4.54.